The number of fused-ring (bicyclic) bond motifs is 1. The molecule has 1 aliphatic rings. The minimum Gasteiger partial charge on any atom is -0.480 e. The second-order valence-corrected chi connectivity index (χ2v) is 8.34. The van der Waals surface area contributed by atoms with E-state index in [0.717, 1.165) is 41.3 Å². The van der Waals surface area contributed by atoms with Gasteiger partial charge >= 0.3 is 0 Å². The van der Waals surface area contributed by atoms with Crippen molar-refractivity contribution in [3.8, 4) is 5.75 Å². The first-order valence-electron chi connectivity index (χ1n) is 10.7. The number of piperidine rings is 1. The van der Waals surface area contributed by atoms with Crippen LogP contribution in [0.1, 0.15) is 40.0 Å². The van der Waals surface area contributed by atoms with Crippen molar-refractivity contribution in [3.63, 3.8) is 0 Å². The molecule has 2 aromatic carbocycles. The predicted octanol–water partition coefficient (Wildman–Crippen LogP) is 4.48. The van der Waals surface area contributed by atoms with E-state index in [9.17, 15) is 4.79 Å². The van der Waals surface area contributed by atoms with Gasteiger partial charge < -0.3 is 15.0 Å². The van der Waals surface area contributed by atoms with Crippen LogP contribution in [0.5, 0.6) is 5.75 Å². The zero-order valence-corrected chi connectivity index (χ0v) is 17.5. The maximum absolute atomic E-state index is 12.6. The molecule has 1 amide bonds. The number of carbonyl (C=O) groups excluding carboxylic acids is 1. The van der Waals surface area contributed by atoms with Gasteiger partial charge in [0.2, 0.25) is 0 Å². The van der Waals surface area contributed by atoms with Gasteiger partial charge in [0.15, 0.2) is 6.10 Å². The first-order valence-corrected chi connectivity index (χ1v) is 10.7. The highest BCUT2D eigenvalue weighted by molar-refractivity contribution is 5.89. The second kappa shape index (κ2) is 9.92. The van der Waals surface area contributed by atoms with Crippen LogP contribution < -0.4 is 10.1 Å². The average Bonchev–Trinajstić information content (AvgIpc) is 2.68. The van der Waals surface area contributed by atoms with Crippen LogP contribution in [-0.4, -0.2) is 43.1 Å². The Labute approximate surface area is 169 Å². The topological polar surface area (TPSA) is 41.6 Å². The largest absolute Gasteiger partial charge is 0.480 e. The quantitative estimate of drug-likeness (QED) is 0.685. The summed E-state index contributed by atoms with van der Waals surface area (Å²) >= 11 is 0. The number of ether oxygens (including phenoxy) is 1. The first-order chi connectivity index (χ1) is 13.6. The van der Waals surface area contributed by atoms with Gasteiger partial charge in [-0.05, 0) is 49.1 Å². The highest BCUT2D eigenvalue weighted by Gasteiger charge is 2.22. The van der Waals surface area contributed by atoms with Crippen molar-refractivity contribution < 1.29 is 9.53 Å². The maximum Gasteiger partial charge on any atom is 0.261 e. The molecule has 0 saturated carbocycles. The molecule has 0 spiro atoms. The third kappa shape index (κ3) is 5.48. The van der Waals surface area contributed by atoms with Gasteiger partial charge in [-0.15, -0.1) is 0 Å². The molecule has 1 N–H and O–H groups in total. The molecule has 4 nitrogen and oxygen atoms in total. The molecule has 4 heteroatoms. The number of nitrogens with one attached hydrogen (secondary N) is 1. The van der Waals surface area contributed by atoms with Gasteiger partial charge in [0.05, 0.1) is 0 Å². The van der Waals surface area contributed by atoms with Crippen LogP contribution in [0.4, 0.5) is 0 Å². The second-order valence-electron chi connectivity index (χ2n) is 8.34. The fourth-order valence-electron chi connectivity index (χ4n) is 4.38. The lowest BCUT2D eigenvalue weighted by Crippen LogP contribution is -2.41. The van der Waals surface area contributed by atoms with Crippen LogP contribution in [0.3, 0.4) is 0 Å². The lowest BCUT2D eigenvalue weighted by Gasteiger charge is -2.35. The Morgan fingerprint density at radius 3 is 2.61 bits per heavy atom. The fourth-order valence-corrected chi connectivity index (χ4v) is 4.38. The van der Waals surface area contributed by atoms with Crippen molar-refractivity contribution in [2.24, 2.45) is 11.8 Å². The monoisotopic (exact) mass is 382 g/mol. The lowest BCUT2D eigenvalue weighted by molar-refractivity contribution is -0.128. The van der Waals surface area contributed by atoms with E-state index in [1.165, 1.54) is 19.5 Å². The summed E-state index contributed by atoms with van der Waals surface area (Å²) in [5, 5.41) is 5.24. The number of amides is 1. The molecular formula is C24H34N2O2. The zero-order chi connectivity index (χ0) is 19.9. The van der Waals surface area contributed by atoms with Crippen LogP contribution in [0.25, 0.3) is 10.8 Å². The number of rotatable bonds is 8. The van der Waals surface area contributed by atoms with Crippen LogP contribution in [0, 0.1) is 11.8 Å². The summed E-state index contributed by atoms with van der Waals surface area (Å²) in [6, 6.07) is 14.1. The highest BCUT2D eigenvalue weighted by atomic mass is 16.5. The van der Waals surface area contributed by atoms with E-state index < -0.39 is 6.10 Å². The van der Waals surface area contributed by atoms with Crippen molar-refractivity contribution in [2.45, 2.75) is 46.1 Å². The summed E-state index contributed by atoms with van der Waals surface area (Å²) in [7, 11) is 0. The van der Waals surface area contributed by atoms with Gasteiger partial charge in [-0.2, -0.15) is 0 Å². The van der Waals surface area contributed by atoms with E-state index in [1.807, 2.05) is 37.3 Å². The standard InChI is InChI=1S/C24H34N2O2/c1-4-22(28-23-12-7-10-20-9-5-6-11-21(20)23)24(27)25-13-8-14-26-16-18(2)15-19(3)17-26/h5-7,9-12,18-19,22H,4,8,13-17H2,1-3H3,(H,25,27)/t18-,19+,22-/m1/s1. The molecule has 2 aromatic rings. The summed E-state index contributed by atoms with van der Waals surface area (Å²) in [5.41, 5.74) is 0. The Morgan fingerprint density at radius 2 is 1.86 bits per heavy atom. The molecule has 1 saturated heterocycles. The van der Waals surface area contributed by atoms with Crippen molar-refractivity contribution >= 4 is 16.7 Å². The van der Waals surface area contributed by atoms with E-state index in [0.29, 0.717) is 13.0 Å². The molecule has 0 aromatic heterocycles. The molecule has 0 unspecified atom stereocenters. The third-order valence-electron chi connectivity index (χ3n) is 5.58. The third-order valence-corrected chi connectivity index (χ3v) is 5.58. The lowest BCUT2D eigenvalue weighted by atomic mass is 9.92. The summed E-state index contributed by atoms with van der Waals surface area (Å²) in [6.07, 6.45) is 2.50. The SMILES string of the molecule is CC[C@@H](Oc1cccc2ccccc12)C(=O)NCCCN1C[C@H](C)C[C@H](C)C1. The molecule has 1 heterocycles. The number of nitrogens with zero attached hydrogens (tertiary/aromatic N) is 1. The Bertz CT molecular complexity index is 761. The number of likely N-dealkylation sites (tertiary alicyclic amines) is 1. The van der Waals surface area contributed by atoms with Crippen LogP contribution in [0.2, 0.25) is 0 Å². The number of benzene rings is 2. The van der Waals surface area contributed by atoms with Gasteiger partial charge in [-0.3, -0.25) is 4.79 Å². The molecule has 1 aliphatic heterocycles. The van der Waals surface area contributed by atoms with Gasteiger partial charge in [-0.25, -0.2) is 0 Å². The minimum absolute atomic E-state index is 0.0178. The Kier molecular flexibility index (Phi) is 7.32. The van der Waals surface area contributed by atoms with Crippen LogP contribution >= 0.6 is 0 Å². The molecular weight excluding hydrogens is 348 g/mol. The summed E-state index contributed by atoms with van der Waals surface area (Å²) in [4.78, 5) is 15.2. The molecule has 3 rings (SSSR count). The van der Waals surface area contributed by atoms with Crippen molar-refractivity contribution in [1.82, 2.24) is 10.2 Å². The first kappa shape index (κ1) is 20.7. The normalized spacial score (nSPS) is 21.4. The Balaban J connectivity index is 1.48. The summed E-state index contributed by atoms with van der Waals surface area (Å²) in [6.45, 7) is 10.8. The molecule has 28 heavy (non-hydrogen) atoms. The van der Waals surface area contributed by atoms with E-state index in [-0.39, 0.29) is 5.91 Å². The minimum atomic E-state index is -0.458. The van der Waals surface area contributed by atoms with Gasteiger partial charge in [0.1, 0.15) is 5.75 Å². The van der Waals surface area contributed by atoms with Gasteiger partial charge in [0, 0.05) is 25.0 Å². The van der Waals surface area contributed by atoms with Crippen molar-refractivity contribution in [2.75, 3.05) is 26.2 Å². The Hall–Kier alpha value is -2.07. The molecule has 0 radical (unpaired) electrons. The maximum atomic E-state index is 12.6. The van der Waals surface area contributed by atoms with E-state index in [4.69, 9.17) is 4.74 Å². The molecule has 0 aliphatic carbocycles. The molecule has 3 atom stereocenters. The number of hydrogen-bond acceptors (Lipinski definition) is 3. The van der Waals surface area contributed by atoms with E-state index in [1.54, 1.807) is 0 Å². The summed E-state index contributed by atoms with van der Waals surface area (Å²) < 4.78 is 6.09. The zero-order valence-electron chi connectivity index (χ0n) is 17.5. The van der Waals surface area contributed by atoms with E-state index in [2.05, 4.69) is 36.2 Å². The predicted molar refractivity (Wildman–Crippen MR) is 116 cm³/mol. The van der Waals surface area contributed by atoms with Crippen molar-refractivity contribution in [1.29, 1.82) is 0 Å². The molecule has 152 valence electrons. The smallest absolute Gasteiger partial charge is 0.261 e. The van der Waals surface area contributed by atoms with Gasteiger partial charge in [-0.1, -0.05) is 57.2 Å². The fraction of sp³-hybridized carbons (Fsp3) is 0.542. The van der Waals surface area contributed by atoms with E-state index >= 15 is 0 Å². The highest BCUT2D eigenvalue weighted by Crippen LogP contribution is 2.26. The molecule has 1 fully saturated rings. The summed E-state index contributed by atoms with van der Waals surface area (Å²) in [5.74, 6) is 2.31. The number of carbonyl (C=O) groups is 1. The van der Waals surface area contributed by atoms with Gasteiger partial charge in [0.25, 0.3) is 5.91 Å². The average molecular weight is 383 g/mol. The molecule has 0 bridgehead atoms. The number of hydrogen-bond donors (Lipinski definition) is 1. The van der Waals surface area contributed by atoms with Crippen molar-refractivity contribution in [3.05, 3.63) is 42.5 Å². The van der Waals surface area contributed by atoms with Crippen LogP contribution in [0.15, 0.2) is 42.5 Å². The van der Waals surface area contributed by atoms with Crippen LogP contribution in [-0.2, 0) is 4.79 Å². The Morgan fingerprint density at radius 1 is 1.14 bits per heavy atom.